The highest BCUT2D eigenvalue weighted by Gasteiger charge is 2.59. The van der Waals surface area contributed by atoms with Crippen molar-refractivity contribution in [2.24, 2.45) is 17.8 Å². The molecule has 1 aromatic rings. The van der Waals surface area contributed by atoms with Gasteiger partial charge in [0.2, 0.25) is 5.91 Å². The number of nitrogens with zero attached hydrogens (tertiary/aromatic N) is 3. The van der Waals surface area contributed by atoms with Crippen LogP contribution < -0.4 is 5.32 Å². The summed E-state index contributed by atoms with van der Waals surface area (Å²) in [5.41, 5.74) is 0. The number of morpholine rings is 1. The zero-order chi connectivity index (χ0) is 16.8. The molecule has 7 heteroatoms. The van der Waals surface area contributed by atoms with Crippen LogP contribution in [0.15, 0.2) is 12.3 Å². The van der Waals surface area contributed by atoms with Crippen LogP contribution in [0.5, 0.6) is 0 Å². The van der Waals surface area contributed by atoms with Crippen LogP contribution in [0.4, 0.5) is 5.82 Å². The molecule has 2 aliphatic heterocycles. The first-order chi connectivity index (χ1) is 12.3. The van der Waals surface area contributed by atoms with E-state index in [0.29, 0.717) is 43.5 Å². The quantitative estimate of drug-likeness (QED) is 0.885. The lowest BCUT2D eigenvalue weighted by atomic mass is 9.93. The Hall–Kier alpha value is -1.73. The van der Waals surface area contributed by atoms with E-state index in [1.54, 1.807) is 6.20 Å². The third-order valence-electron chi connectivity index (χ3n) is 6.08. The van der Waals surface area contributed by atoms with E-state index in [9.17, 15) is 4.79 Å². The number of ether oxygens (including phenoxy) is 2. The Bertz CT molecular complexity index is 655. The third-order valence-corrected chi connectivity index (χ3v) is 6.08. The number of fused-ring (bicyclic) bond motifs is 1. The van der Waals surface area contributed by atoms with Crippen molar-refractivity contribution in [3.63, 3.8) is 0 Å². The highest BCUT2D eigenvalue weighted by atomic mass is 16.5. The first kappa shape index (κ1) is 15.5. The Morgan fingerprint density at radius 2 is 2.04 bits per heavy atom. The number of aromatic nitrogens is 2. The van der Waals surface area contributed by atoms with Crippen LogP contribution in [-0.2, 0) is 14.3 Å². The average molecular weight is 344 g/mol. The van der Waals surface area contributed by atoms with Crippen molar-refractivity contribution in [1.29, 1.82) is 0 Å². The molecule has 2 saturated carbocycles. The number of carbonyl (C=O) groups excluding carboxylic acids is 1. The summed E-state index contributed by atoms with van der Waals surface area (Å²) in [6.45, 7) is 3.13. The summed E-state index contributed by atoms with van der Waals surface area (Å²) < 4.78 is 11.1. The van der Waals surface area contributed by atoms with Crippen molar-refractivity contribution in [1.82, 2.24) is 14.9 Å². The van der Waals surface area contributed by atoms with E-state index < -0.39 is 0 Å². The van der Waals surface area contributed by atoms with E-state index in [1.807, 2.05) is 11.0 Å². The summed E-state index contributed by atoms with van der Waals surface area (Å²) in [5.74, 6) is 2.73. The van der Waals surface area contributed by atoms with E-state index in [0.717, 1.165) is 19.0 Å². The Kier molecular flexibility index (Phi) is 3.86. The summed E-state index contributed by atoms with van der Waals surface area (Å²) in [7, 11) is 0. The summed E-state index contributed by atoms with van der Waals surface area (Å²) in [5, 5.41) is 3.46. The third kappa shape index (κ3) is 2.79. The lowest BCUT2D eigenvalue weighted by molar-refractivity contribution is -0.143. The number of anilines is 1. The van der Waals surface area contributed by atoms with Gasteiger partial charge in [0.05, 0.1) is 26.4 Å². The summed E-state index contributed by atoms with van der Waals surface area (Å²) in [6, 6.07) is 2.24. The molecule has 5 rings (SSSR count). The fraction of sp³-hybridized carbons (Fsp3) is 0.722. The smallest absolute Gasteiger partial charge is 0.227 e. The van der Waals surface area contributed by atoms with Crippen LogP contribution in [0.25, 0.3) is 0 Å². The average Bonchev–Trinajstić information content (AvgIpc) is 3.09. The van der Waals surface area contributed by atoms with Gasteiger partial charge in [-0.1, -0.05) is 0 Å². The molecule has 0 aromatic carbocycles. The lowest BCUT2D eigenvalue weighted by Gasteiger charge is -2.35. The van der Waals surface area contributed by atoms with Crippen molar-refractivity contribution >= 4 is 11.7 Å². The maximum Gasteiger partial charge on any atom is 0.227 e. The lowest BCUT2D eigenvalue weighted by Crippen LogP contribution is -2.45. The van der Waals surface area contributed by atoms with E-state index in [2.05, 4.69) is 15.3 Å². The van der Waals surface area contributed by atoms with Crippen LogP contribution >= 0.6 is 0 Å². The Morgan fingerprint density at radius 1 is 1.20 bits per heavy atom. The maximum atomic E-state index is 13.0. The molecular weight excluding hydrogens is 320 g/mol. The highest BCUT2D eigenvalue weighted by Crippen LogP contribution is 2.52. The molecule has 0 bridgehead atoms. The molecule has 3 heterocycles. The molecule has 2 unspecified atom stereocenters. The van der Waals surface area contributed by atoms with E-state index >= 15 is 0 Å². The second-order valence-electron chi connectivity index (χ2n) is 7.59. The summed E-state index contributed by atoms with van der Waals surface area (Å²) in [6.07, 6.45) is 5.45. The predicted octanol–water partition coefficient (Wildman–Crippen LogP) is 1.23. The minimum Gasteiger partial charge on any atom is -0.381 e. The topological polar surface area (TPSA) is 76.6 Å². The fourth-order valence-electron chi connectivity index (χ4n) is 4.26. The van der Waals surface area contributed by atoms with Crippen molar-refractivity contribution < 1.29 is 14.3 Å². The minimum atomic E-state index is -0.188. The van der Waals surface area contributed by atoms with Gasteiger partial charge >= 0.3 is 0 Å². The first-order valence-electron chi connectivity index (χ1n) is 9.37. The number of carbonyl (C=O) groups is 1. The minimum absolute atomic E-state index is 0.130. The number of nitrogens with one attached hydrogen (secondary N) is 1. The van der Waals surface area contributed by atoms with Gasteiger partial charge in [-0.15, -0.1) is 0 Å². The molecule has 2 saturated heterocycles. The van der Waals surface area contributed by atoms with E-state index in [-0.39, 0.29) is 17.9 Å². The fourth-order valence-corrected chi connectivity index (χ4v) is 4.26. The molecule has 1 aromatic heterocycles. The largest absolute Gasteiger partial charge is 0.381 e. The standard InChI is InChI=1S/C18H24N4O3/c23-18(16-12-8-25-9-13(12)16)22-6-7-24-10-14(22)17-19-5-4-15(21-17)20-11-2-1-3-11/h4-5,11-14,16H,1-3,6-10H2,(H,19,20,21)/t12-,13+,14?,16?. The maximum absolute atomic E-state index is 13.0. The van der Waals surface area contributed by atoms with Gasteiger partial charge in [-0.2, -0.15) is 0 Å². The molecule has 1 amide bonds. The van der Waals surface area contributed by atoms with Crippen LogP contribution in [0.3, 0.4) is 0 Å². The number of rotatable bonds is 4. The first-order valence-corrected chi connectivity index (χ1v) is 9.37. The molecule has 4 fully saturated rings. The second kappa shape index (κ2) is 6.21. The molecule has 4 atom stereocenters. The van der Waals surface area contributed by atoms with Gasteiger partial charge in [-0.3, -0.25) is 4.79 Å². The van der Waals surface area contributed by atoms with E-state index in [1.165, 1.54) is 19.3 Å². The molecule has 2 aliphatic carbocycles. The van der Waals surface area contributed by atoms with Gasteiger partial charge in [-0.25, -0.2) is 9.97 Å². The van der Waals surface area contributed by atoms with Crippen molar-refractivity contribution in [2.75, 3.05) is 38.3 Å². The molecule has 1 N–H and O–H groups in total. The highest BCUT2D eigenvalue weighted by molar-refractivity contribution is 5.83. The Morgan fingerprint density at radius 3 is 2.80 bits per heavy atom. The van der Waals surface area contributed by atoms with Gasteiger partial charge in [0.1, 0.15) is 11.9 Å². The summed E-state index contributed by atoms with van der Waals surface area (Å²) in [4.78, 5) is 24.1. The molecule has 134 valence electrons. The number of hydrogen-bond donors (Lipinski definition) is 1. The van der Waals surface area contributed by atoms with Crippen molar-refractivity contribution in [2.45, 2.75) is 31.3 Å². The van der Waals surface area contributed by atoms with Gasteiger partial charge in [-0.05, 0) is 37.2 Å². The van der Waals surface area contributed by atoms with Gasteiger partial charge in [0.15, 0.2) is 5.82 Å². The van der Waals surface area contributed by atoms with Crippen LogP contribution in [-0.4, -0.2) is 59.8 Å². The zero-order valence-electron chi connectivity index (χ0n) is 14.3. The molecule has 0 radical (unpaired) electrons. The second-order valence-corrected chi connectivity index (χ2v) is 7.59. The molecule has 0 spiro atoms. The van der Waals surface area contributed by atoms with Crippen molar-refractivity contribution in [3.8, 4) is 0 Å². The normalized spacial score (nSPS) is 34.3. The van der Waals surface area contributed by atoms with Crippen LogP contribution in [0, 0.1) is 17.8 Å². The monoisotopic (exact) mass is 344 g/mol. The number of hydrogen-bond acceptors (Lipinski definition) is 6. The van der Waals surface area contributed by atoms with Gasteiger partial charge in [0.25, 0.3) is 0 Å². The zero-order valence-corrected chi connectivity index (χ0v) is 14.3. The molecule has 4 aliphatic rings. The van der Waals surface area contributed by atoms with E-state index in [4.69, 9.17) is 9.47 Å². The SMILES string of the molecule is O=C(C1[C@H]2COC[C@@H]12)N1CCOCC1c1nccc(NC2CCC2)n1. The summed E-state index contributed by atoms with van der Waals surface area (Å²) >= 11 is 0. The number of amides is 1. The van der Waals surface area contributed by atoms with Crippen LogP contribution in [0.1, 0.15) is 31.1 Å². The van der Waals surface area contributed by atoms with Gasteiger partial charge in [0, 0.05) is 24.7 Å². The van der Waals surface area contributed by atoms with Crippen molar-refractivity contribution in [3.05, 3.63) is 18.1 Å². The molecule has 7 nitrogen and oxygen atoms in total. The molecule has 25 heavy (non-hydrogen) atoms. The van der Waals surface area contributed by atoms with Crippen LogP contribution in [0.2, 0.25) is 0 Å². The Labute approximate surface area is 147 Å². The van der Waals surface area contributed by atoms with Gasteiger partial charge < -0.3 is 19.7 Å². The Balaban J connectivity index is 1.33. The molecular formula is C18H24N4O3. The predicted molar refractivity (Wildman–Crippen MR) is 89.9 cm³/mol.